The maximum absolute atomic E-state index is 12.0. The molecule has 4 N–H and O–H groups in total. The molecule has 0 spiro atoms. The molecule has 0 saturated heterocycles. The number of hydrogen-bond acceptors (Lipinski definition) is 4. The van der Waals surface area contributed by atoms with Gasteiger partial charge < -0.3 is 21.0 Å². The summed E-state index contributed by atoms with van der Waals surface area (Å²) < 4.78 is 4.87. The van der Waals surface area contributed by atoms with E-state index in [4.69, 9.17) is 18.5 Å². The lowest BCUT2D eigenvalue weighted by Gasteiger charge is -2.13. The van der Waals surface area contributed by atoms with Gasteiger partial charge in [0.15, 0.2) is 0 Å². The molecule has 0 atom stereocenters. The molecule has 0 unspecified atom stereocenters. The van der Waals surface area contributed by atoms with Crippen molar-refractivity contribution in [2.45, 2.75) is 13.5 Å². The molecule has 0 aliphatic rings. The van der Waals surface area contributed by atoms with Gasteiger partial charge in [-0.2, -0.15) is 0 Å². The topological polar surface area (TPSA) is 76.4 Å². The summed E-state index contributed by atoms with van der Waals surface area (Å²) in [5.41, 5.74) is 8.62. The highest BCUT2D eigenvalue weighted by Crippen LogP contribution is 2.20. The molecule has 0 bridgehead atoms. The normalized spacial score (nSPS) is 10.2. The number of aryl methyl sites for hydroxylation is 1. The molecule has 0 aliphatic heterocycles. The second-order valence-electron chi connectivity index (χ2n) is 3.92. The highest BCUT2D eigenvalue weighted by molar-refractivity contribution is 6.18. The molecular weight excluding hydrogens is 229 g/mol. The Morgan fingerprint density at radius 3 is 2.78 bits per heavy atom. The highest BCUT2D eigenvalue weighted by atomic mass is 16.5. The molecule has 0 aromatic heterocycles. The number of methoxy groups -OCH3 is 1. The van der Waals surface area contributed by atoms with E-state index in [1.54, 1.807) is 13.2 Å². The smallest absolute Gasteiger partial charge is 0.253 e. The van der Waals surface area contributed by atoms with Crippen LogP contribution in [0.4, 0.5) is 5.69 Å². The number of rotatable bonds is 6. The molecule has 2 radical (unpaired) electrons. The Morgan fingerprint density at radius 1 is 1.50 bits per heavy atom. The van der Waals surface area contributed by atoms with Crippen molar-refractivity contribution in [1.82, 2.24) is 5.32 Å². The van der Waals surface area contributed by atoms with Gasteiger partial charge >= 0.3 is 0 Å². The first-order chi connectivity index (χ1) is 8.63. The Balaban J connectivity index is 2.94. The molecular formula is C12H18BN3O2. The molecule has 1 aromatic rings. The summed E-state index contributed by atoms with van der Waals surface area (Å²) in [7, 11) is 7.00. The second kappa shape index (κ2) is 7.03. The highest BCUT2D eigenvalue weighted by Gasteiger charge is 2.12. The van der Waals surface area contributed by atoms with E-state index in [0.717, 1.165) is 11.1 Å². The fraction of sp³-hybridized carbons (Fsp3) is 0.417. The third-order valence-electron chi connectivity index (χ3n) is 2.69. The number of benzene rings is 1. The fourth-order valence-corrected chi connectivity index (χ4v) is 1.64. The molecule has 96 valence electrons. The Bertz CT molecular complexity index is 424. The van der Waals surface area contributed by atoms with Crippen LogP contribution < -0.4 is 16.3 Å². The van der Waals surface area contributed by atoms with Crippen molar-refractivity contribution in [3.05, 3.63) is 28.8 Å². The van der Waals surface area contributed by atoms with Crippen molar-refractivity contribution < 1.29 is 9.53 Å². The van der Waals surface area contributed by atoms with Gasteiger partial charge in [0.05, 0.1) is 12.2 Å². The SMILES string of the molecule is [B]Nc1cc(C)c(CN)cc1C(=O)NCCOC. The van der Waals surface area contributed by atoms with Crippen LogP contribution in [-0.2, 0) is 11.3 Å². The van der Waals surface area contributed by atoms with Crippen molar-refractivity contribution in [3.63, 3.8) is 0 Å². The summed E-state index contributed by atoms with van der Waals surface area (Å²) in [5, 5.41) is 5.27. The average molecular weight is 247 g/mol. The molecule has 1 amide bonds. The van der Waals surface area contributed by atoms with Gasteiger partial charge in [-0.1, -0.05) is 0 Å². The molecule has 0 heterocycles. The number of ether oxygens (including phenoxy) is 1. The first kappa shape index (κ1) is 14.5. The van der Waals surface area contributed by atoms with Gasteiger partial charge in [-0.05, 0) is 30.2 Å². The molecule has 0 fully saturated rings. The lowest BCUT2D eigenvalue weighted by atomic mass is 10.0. The third-order valence-corrected chi connectivity index (χ3v) is 2.69. The summed E-state index contributed by atoms with van der Waals surface area (Å²) in [4.78, 5) is 12.0. The molecule has 18 heavy (non-hydrogen) atoms. The molecule has 1 rings (SSSR count). The van der Waals surface area contributed by atoms with Gasteiger partial charge in [0, 0.05) is 25.9 Å². The maximum atomic E-state index is 12.0. The first-order valence-corrected chi connectivity index (χ1v) is 5.71. The summed E-state index contributed by atoms with van der Waals surface area (Å²) in [6.45, 7) is 3.22. The van der Waals surface area contributed by atoms with E-state index >= 15 is 0 Å². The predicted molar refractivity (Wildman–Crippen MR) is 72.7 cm³/mol. The van der Waals surface area contributed by atoms with Gasteiger partial charge in [-0.3, -0.25) is 4.79 Å². The summed E-state index contributed by atoms with van der Waals surface area (Å²) in [6.07, 6.45) is 0. The molecule has 0 saturated carbocycles. The second-order valence-corrected chi connectivity index (χ2v) is 3.92. The monoisotopic (exact) mass is 247 g/mol. The average Bonchev–Trinajstić information content (AvgIpc) is 2.38. The van der Waals surface area contributed by atoms with Crippen LogP contribution in [-0.4, -0.2) is 34.1 Å². The Labute approximate surface area is 109 Å². The first-order valence-electron chi connectivity index (χ1n) is 5.71. The number of nitrogens with two attached hydrogens (primary N) is 1. The Hall–Kier alpha value is -1.53. The summed E-state index contributed by atoms with van der Waals surface area (Å²) in [5.74, 6) is -0.199. The van der Waals surface area contributed by atoms with Gasteiger partial charge in [0.25, 0.3) is 5.91 Å². The lowest BCUT2D eigenvalue weighted by Crippen LogP contribution is -2.28. The summed E-state index contributed by atoms with van der Waals surface area (Å²) >= 11 is 0. The largest absolute Gasteiger partial charge is 0.437 e. The number of hydrogen-bond donors (Lipinski definition) is 3. The predicted octanol–water partition coefficient (Wildman–Crippen LogP) is 0.325. The van der Waals surface area contributed by atoms with Crippen LogP contribution in [0.3, 0.4) is 0 Å². The van der Waals surface area contributed by atoms with Crippen molar-refractivity contribution in [2.75, 3.05) is 25.5 Å². The van der Waals surface area contributed by atoms with Crippen LogP contribution in [0, 0.1) is 6.92 Å². The number of carbonyl (C=O) groups is 1. The van der Waals surface area contributed by atoms with Crippen LogP contribution in [0.5, 0.6) is 0 Å². The number of nitrogens with one attached hydrogen (secondary N) is 2. The van der Waals surface area contributed by atoms with Crippen LogP contribution in [0.25, 0.3) is 0 Å². The zero-order chi connectivity index (χ0) is 13.5. The van der Waals surface area contributed by atoms with Crippen molar-refractivity contribution in [2.24, 2.45) is 5.73 Å². The number of carbonyl (C=O) groups excluding carboxylic acids is 1. The van der Waals surface area contributed by atoms with E-state index in [1.807, 2.05) is 13.0 Å². The maximum Gasteiger partial charge on any atom is 0.253 e. The van der Waals surface area contributed by atoms with Crippen LogP contribution in [0.15, 0.2) is 12.1 Å². The minimum absolute atomic E-state index is 0.199. The quantitative estimate of drug-likeness (QED) is 0.500. The minimum Gasteiger partial charge on any atom is -0.437 e. The standard InChI is InChI=1S/C12H18BN3O2/c1-8-5-11(16-13)10(6-9(8)7-14)12(17)15-3-4-18-2/h5-6,16H,3-4,7,14H2,1-2H3,(H,15,17). The lowest BCUT2D eigenvalue weighted by molar-refractivity contribution is 0.0938. The van der Waals surface area contributed by atoms with Crippen LogP contribution >= 0.6 is 0 Å². The van der Waals surface area contributed by atoms with E-state index < -0.39 is 0 Å². The van der Waals surface area contributed by atoms with E-state index in [2.05, 4.69) is 10.5 Å². The zero-order valence-corrected chi connectivity index (χ0v) is 10.7. The van der Waals surface area contributed by atoms with Gasteiger partial charge in [0.2, 0.25) is 7.98 Å². The van der Waals surface area contributed by atoms with E-state index in [9.17, 15) is 4.79 Å². The molecule has 0 aliphatic carbocycles. The van der Waals surface area contributed by atoms with Crippen LogP contribution in [0.2, 0.25) is 0 Å². The molecule has 5 nitrogen and oxygen atoms in total. The minimum atomic E-state index is -0.199. The third kappa shape index (κ3) is 3.48. The van der Waals surface area contributed by atoms with Crippen LogP contribution in [0.1, 0.15) is 21.5 Å². The summed E-state index contributed by atoms with van der Waals surface area (Å²) in [6, 6.07) is 3.57. The zero-order valence-electron chi connectivity index (χ0n) is 10.7. The van der Waals surface area contributed by atoms with E-state index in [0.29, 0.717) is 30.9 Å². The Morgan fingerprint density at radius 2 is 2.22 bits per heavy atom. The van der Waals surface area contributed by atoms with Crippen molar-refractivity contribution in [1.29, 1.82) is 0 Å². The molecule has 6 heteroatoms. The molecule has 1 aromatic carbocycles. The fourth-order valence-electron chi connectivity index (χ4n) is 1.64. The van der Waals surface area contributed by atoms with Crippen molar-refractivity contribution in [3.8, 4) is 0 Å². The van der Waals surface area contributed by atoms with Gasteiger partial charge in [-0.25, -0.2) is 0 Å². The number of anilines is 1. The van der Waals surface area contributed by atoms with Crippen molar-refractivity contribution >= 4 is 19.6 Å². The van der Waals surface area contributed by atoms with Gasteiger partial charge in [-0.15, -0.1) is 0 Å². The van der Waals surface area contributed by atoms with E-state index in [-0.39, 0.29) is 5.91 Å². The Kier molecular flexibility index (Phi) is 5.68. The van der Waals surface area contributed by atoms with E-state index in [1.165, 1.54) is 0 Å². The number of amides is 1. The van der Waals surface area contributed by atoms with Gasteiger partial charge in [0.1, 0.15) is 0 Å².